The molecule has 0 saturated heterocycles. The number of aromatic nitrogens is 2. The molecule has 2 heterocycles. The maximum Gasteiger partial charge on any atom is 0.321 e. The summed E-state index contributed by atoms with van der Waals surface area (Å²) in [6.07, 6.45) is 8.40. The van der Waals surface area contributed by atoms with Gasteiger partial charge in [0.15, 0.2) is 5.16 Å². The molecule has 0 unspecified atom stereocenters. The first-order valence-electron chi connectivity index (χ1n) is 11.0. The van der Waals surface area contributed by atoms with Gasteiger partial charge in [-0.15, -0.1) is 11.3 Å². The molecule has 168 valence electrons. The third-order valence-electron chi connectivity index (χ3n) is 5.75. The van der Waals surface area contributed by atoms with E-state index in [0.29, 0.717) is 5.16 Å². The first-order chi connectivity index (χ1) is 14.7. The predicted molar refractivity (Wildman–Crippen MR) is 125 cm³/mol. The summed E-state index contributed by atoms with van der Waals surface area (Å²) >= 11 is 2.87. The van der Waals surface area contributed by atoms with Gasteiger partial charge in [0.1, 0.15) is 4.83 Å². The van der Waals surface area contributed by atoms with Crippen molar-refractivity contribution in [1.82, 2.24) is 20.2 Å². The average Bonchev–Trinajstić information content (AvgIpc) is 3.32. The Morgan fingerprint density at radius 3 is 2.58 bits per heavy atom. The Kier molecular flexibility index (Phi) is 6.44. The van der Waals surface area contributed by atoms with Crippen molar-refractivity contribution in [1.29, 1.82) is 0 Å². The summed E-state index contributed by atoms with van der Waals surface area (Å²) < 4.78 is 1.84. The van der Waals surface area contributed by atoms with Crippen LogP contribution >= 0.6 is 23.1 Å². The van der Waals surface area contributed by atoms with Gasteiger partial charge < -0.3 is 5.32 Å². The SMILES string of the molecule is CC(C)(C)NC(=O)NC(=O)CSc1nc2sc3c(c2c(=O)n1C1CCCC1)CCCC3. The fourth-order valence-electron chi connectivity index (χ4n) is 4.45. The number of nitrogens with zero attached hydrogens (tertiary/aromatic N) is 2. The van der Waals surface area contributed by atoms with Crippen LogP contribution in [0.5, 0.6) is 0 Å². The molecule has 31 heavy (non-hydrogen) atoms. The van der Waals surface area contributed by atoms with E-state index in [-0.39, 0.29) is 17.4 Å². The number of fused-ring (bicyclic) bond motifs is 3. The van der Waals surface area contributed by atoms with Crippen molar-refractivity contribution in [3.05, 3.63) is 20.8 Å². The Bertz CT molecular complexity index is 1060. The van der Waals surface area contributed by atoms with E-state index < -0.39 is 17.5 Å². The van der Waals surface area contributed by atoms with Crippen molar-refractivity contribution in [2.75, 3.05) is 5.75 Å². The molecule has 0 aromatic carbocycles. The van der Waals surface area contributed by atoms with Gasteiger partial charge in [0.2, 0.25) is 5.91 Å². The Morgan fingerprint density at radius 1 is 1.16 bits per heavy atom. The van der Waals surface area contributed by atoms with Crippen LogP contribution in [-0.2, 0) is 17.6 Å². The van der Waals surface area contributed by atoms with Crippen LogP contribution in [0.25, 0.3) is 10.2 Å². The number of urea groups is 1. The van der Waals surface area contributed by atoms with Gasteiger partial charge in [0, 0.05) is 16.5 Å². The van der Waals surface area contributed by atoms with E-state index in [4.69, 9.17) is 4.98 Å². The molecule has 2 aromatic heterocycles. The van der Waals surface area contributed by atoms with E-state index in [0.717, 1.165) is 61.6 Å². The topological polar surface area (TPSA) is 93.1 Å². The summed E-state index contributed by atoms with van der Waals surface area (Å²) in [5, 5.41) is 6.47. The number of thiophene rings is 1. The monoisotopic (exact) mass is 462 g/mol. The molecule has 2 aliphatic rings. The number of thioether (sulfide) groups is 1. The van der Waals surface area contributed by atoms with Crippen LogP contribution < -0.4 is 16.2 Å². The van der Waals surface area contributed by atoms with Gasteiger partial charge in [-0.3, -0.25) is 19.5 Å². The summed E-state index contributed by atoms with van der Waals surface area (Å²) in [5.74, 6) is -0.364. The highest BCUT2D eigenvalue weighted by Gasteiger charge is 2.27. The second kappa shape index (κ2) is 8.94. The molecule has 0 bridgehead atoms. The molecule has 1 fully saturated rings. The van der Waals surface area contributed by atoms with E-state index >= 15 is 0 Å². The van der Waals surface area contributed by atoms with Gasteiger partial charge in [0.25, 0.3) is 5.56 Å². The van der Waals surface area contributed by atoms with Crippen LogP contribution in [0, 0.1) is 0 Å². The van der Waals surface area contributed by atoms with E-state index in [1.807, 2.05) is 25.3 Å². The van der Waals surface area contributed by atoms with Crippen LogP contribution in [0.2, 0.25) is 0 Å². The quantitative estimate of drug-likeness (QED) is 0.525. The predicted octanol–water partition coefficient (Wildman–Crippen LogP) is 4.17. The molecule has 2 aromatic rings. The Hall–Kier alpha value is -1.87. The first kappa shape index (κ1) is 22.3. The molecule has 3 amide bonds. The van der Waals surface area contributed by atoms with Gasteiger partial charge in [-0.25, -0.2) is 9.78 Å². The number of carbonyl (C=O) groups is 2. The van der Waals surface area contributed by atoms with Crippen molar-refractivity contribution in [2.24, 2.45) is 0 Å². The molecule has 9 heteroatoms. The lowest BCUT2D eigenvalue weighted by Gasteiger charge is -2.20. The smallest absolute Gasteiger partial charge is 0.321 e. The van der Waals surface area contributed by atoms with Crippen molar-refractivity contribution in [3.63, 3.8) is 0 Å². The maximum atomic E-state index is 13.6. The first-order valence-corrected chi connectivity index (χ1v) is 12.8. The number of hydrogen-bond donors (Lipinski definition) is 2. The summed E-state index contributed by atoms with van der Waals surface area (Å²) in [6, 6.07) is -0.376. The zero-order chi connectivity index (χ0) is 22.2. The normalized spacial score (nSPS) is 17.0. The molecule has 0 atom stereocenters. The minimum absolute atomic E-state index is 0.0350. The minimum atomic E-state index is -0.513. The lowest BCUT2D eigenvalue weighted by atomic mass is 9.97. The van der Waals surface area contributed by atoms with Crippen LogP contribution in [0.15, 0.2) is 9.95 Å². The number of carbonyl (C=O) groups excluding carboxylic acids is 2. The third-order valence-corrected chi connectivity index (χ3v) is 7.89. The molecule has 4 rings (SSSR count). The third kappa shape index (κ3) is 4.98. The number of aryl methyl sites for hydroxylation is 2. The molecule has 2 N–H and O–H groups in total. The highest BCUT2D eigenvalue weighted by atomic mass is 32.2. The van der Waals surface area contributed by atoms with Gasteiger partial charge >= 0.3 is 6.03 Å². The van der Waals surface area contributed by atoms with Crippen LogP contribution in [0.4, 0.5) is 4.79 Å². The zero-order valence-electron chi connectivity index (χ0n) is 18.4. The Labute approximate surface area is 190 Å². The highest BCUT2D eigenvalue weighted by Crippen LogP contribution is 2.37. The molecule has 1 saturated carbocycles. The van der Waals surface area contributed by atoms with Crippen LogP contribution in [0.3, 0.4) is 0 Å². The van der Waals surface area contributed by atoms with Gasteiger partial charge in [-0.05, 0) is 64.9 Å². The number of rotatable bonds is 4. The Morgan fingerprint density at radius 2 is 1.87 bits per heavy atom. The van der Waals surface area contributed by atoms with Crippen molar-refractivity contribution < 1.29 is 9.59 Å². The molecule has 0 spiro atoms. The standard InChI is InChI=1S/C22H30N4O3S2/c1-22(2,3)25-20(29)23-16(27)12-30-21-24-18-17(14-10-6-7-11-15(14)31-18)19(28)26(21)13-8-4-5-9-13/h13H,4-12H2,1-3H3,(H2,23,25,27,29). The van der Waals surface area contributed by atoms with Crippen LogP contribution in [-0.4, -0.2) is 32.8 Å². The van der Waals surface area contributed by atoms with Crippen molar-refractivity contribution in [3.8, 4) is 0 Å². The van der Waals surface area contributed by atoms with E-state index in [2.05, 4.69) is 10.6 Å². The molecular weight excluding hydrogens is 432 g/mol. The summed E-state index contributed by atoms with van der Waals surface area (Å²) in [4.78, 5) is 44.9. The van der Waals surface area contributed by atoms with Crippen molar-refractivity contribution >= 4 is 45.3 Å². The molecule has 0 aliphatic heterocycles. The molecular formula is C22H30N4O3S2. The summed E-state index contributed by atoms with van der Waals surface area (Å²) in [7, 11) is 0. The van der Waals surface area contributed by atoms with Gasteiger partial charge in [0.05, 0.1) is 11.1 Å². The molecule has 2 aliphatic carbocycles. The van der Waals surface area contributed by atoms with Crippen molar-refractivity contribution in [2.45, 2.75) is 88.9 Å². The average molecular weight is 463 g/mol. The number of amides is 3. The highest BCUT2D eigenvalue weighted by molar-refractivity contribution is 7.99. The van der Waals surface area contributed by atoms with E-state index in [1.165, 1.54) is 22.2 Å². The molecule has 7 nitrogen and oxygen atoms in total. The summed E-state index contributed by atoms with van der Waals surface area (Å²) in [6.45, 7) is 5.56. The van der Waals surface area contributed by atoms with Crippen LogP contribution in [0.1, 0.15) is 75.8 Å². The number of nitrogens with one attached hydrogen (secondary N) is 2. The molecule has 0 radical (unpaired) electrons. The largest absolute Gasteiger partial charge is 0.333 e. The zero-order valence-corrected chi connectivity index (χ0v) is 20.0. The fourth-order valence-corrected chi connectivity index (χ4v) is 6.62. The second-order valence-electron chi connectivity index (χ2n) is 9.44. The van der Waals surface area contributed by atoms with Gasteiger partial charge in [-0.1, -0.05) is 24.6 Å². The Balaban J connectivity index is 1.60. The van der Waals surface area contributed by atoms with E-state index in [9.17, 15) is 14.4 Å². The fraction of sp³-hybridized carbons (Fsp3) is 0.636. The number of imide groups is 1. The second-order valence-corrected chi connectivity index (χ2v) is 11.5. The minimum Gasteiger partial charge on any atom is -0.333 e. The lowest BCUT2D eigenvalue weighted by Crippen LogP contribution is -2.48. The lowest BCUT2D eigenvalue weighted by molar-refractivity contribution is -0.117. The summed E-state index contributed by atoms with van der Waals surface area (Å²) in [5.41, 5.74) is 0.819. The number of hydrogen-bond acceptors (Lipinski definition) is 6. The maximum absolute atomic E-state index is 13.6. The van der Waals surface area contributed by atoms with Gasteiger partial charge in [-0.2, -0.15) is 0 Å². The van der Waals surface area contributed by atoms with E-state index in [1.54, 1.807) is 11.3 Å².